The number of nitrogen functional groups attached to an aromatic ring is 1. The van der Waals surface area contributed by atoms with Crippen molar-refractivity contribution < 1.29 is 0 Å². The molecule has 3 nitrogen and oxygen atoms in total. The summed E-state index contributed by atoms with van der Waals surface area (Å²) in [5.41, 5.74) is 9.19. The Morgan fingerprint density at radius 2 is 2.00 bits per heavy atom. The molecule has 0 bridgehead atoms. The van der Waals surface area contributed by atoms with E-state index in [0.29, 0.717) is 11.3 Å². The van der Waals surface area contributed by atoms with E-state index in [2.05, 4.69) is 45.3 Å². The Hall–Kier alpha value is -1.51. The molecule has 0 saturated heterocycles. The zero-order chi connectivity index (χ0) is 14.9. The van der Waals surface area contributed by atoms with Gasteiger partial charge in [-0.05, 0) is 36.0 Å². The number of aromatic nitrogens is 2. The van der Waals surface area contributed by atoms with E-state index in [9.17, 15) is 0 Å². The number of nitrogens with two attached hydrogens (primary N) is 1. The fourth-order valence-electron chi connectivity index (χ4n) is 2.36. The van der Waals surface area contributed by atoms with Crippen LogP contribution in [0.4, 0.5) is 5.69 Å². The molecule has 0 amide bonds. The van der Waals surface area contributed by atoms with Gasteiger partial charge in [-0.2, -0.15) is 0 Å². The fourth-order valence-corrected chi connectivity index (χ4v) is 2.36. The second-order valence-electron chi connectivity index (χ2n) is 6.90. The average Bonchev–Trinajstić information content (AvgIpc) is 2.66. The van der Waals surface area contributed by atoms with Crippen molar-refractivity contribution >= 4 is 16.7 Å². The molecule has 0 spiro atoms. The van der Waals surface area contributed by atoms with Gasteiger partial charge in [0, 0.05) is 18.7 Å². The number of rotatable bonds is 4. The summed E-state index contributed by atoms with van der Waals surface area (Å²) >= 11 is 0. The Balaban J connectivity index is 2.46. The lowest BCUT2D eigenvalue weighted by molar-refractivity contribution is 0.233. The molecule has 1 aromatic heterocycles. The number of hydrogen-bond acceptors (Lipinski definition) is 2. The first-order valence-corrected chi connectivity index (χ1v) is 7.57. The van der Waals surface area contributed by atoms with Crippen molar-refractivity contribution in [1.29, 1.82) is 0 Å². The molecule has 0 saturated carbocycles. The van der Waals surface area contributed by atoms with Gasteiger partial charge in [-0.1, -0.05) is 34.6 Å². The third-order valence-corrected chi connectivity index (χ3v) is 4.26. The normalized spacial score (nSPS) is 13.8. The van der Waals surface area contributed by atoms with Crippen molar-refractivity contribution in [2.24, 2.45) is 11.3 Å². The number of imidazole rings is 1. The predicted molar refractivity (Wildman–Crippen MR) is 86.8 cm³/mol. The average molecular weight is 273 g/mol. The Morgan fingerprint density at radius 3 is 2.60 bits per heavy atom. The lowest BCUT2D eigenvalue weighted by atomic mass is 9.82. The van der Waals surface area contributed by atoms with Gasteiger partial charge in [0.1, 0.15) is 5.82 Å². The van der Waals surface area contributed by atoms with Gasteiger partial charge in [0.2, 0.25) is 0 Å². The van der Waals surface area contributed by atoms with E-state index in [0.717, 1.165) is 30.6 Å². The van der Waals surface area contributed by atoms with E-state index in [4.69, 9.17) is 10.7 Å². The van der Waals surface area contributed by atoms with Gasteiger partial charge < -0.3 is 10.3 Å². The van der Waals surface area contributed by atoms with Crippen LogP contribution in [0.2, 0.25) is 0 Å². The Bertz CT molecular complexity index is 590. The molecule has 3 heteroatoms. The summed E-state index contributed by atoms with van der Waals surface area (Å²) in [5.74, 6) is 1.78. The largest absolute Gasteiger partial charge is 0.399 e. The van der Waals surface area contributed by atoms with Gasteiger partial charge >= 0.3 is 0 Å². The van der Waals surface area contributed by atoms with Crippen molar-refractivity contribution in [3.05, 3.63) is 24.0 Å². The highest BCUT2D eigenvalue weighted by Crippen LogP contribution is 2.29. The first-order chi connectivity index (χ1) is 9.32. The maximum atomic E-state index is 5.88. The molecule has 1 unspecified atom stereocenters. The van der Waals surface area contributed by atoms with E-state index < -0.39 is 0 Å². The molecule has 2 aromatic rings. The highest BCUT2D eigenvalue weighted by Gasteiger charge is 2.22. The monoisotopic (exact) mass is 273 g/mol. The molecule has 110 valence electrons. The number of fused-ring (bicyclic) bond motifs is 1. The van der Waals surface area contributed by atoms with Crippen LogP contribution in [-0.4, -0.2) is 9.55 Å². The van der Waals surface area contributed by atoms with Crippen molar-refractivity contribution in [1.82, 2.24) is 9.55 Å². The first-order valence-electron chi connectivity index (χ1n) is 7.57. The van der Waals surface area contributed by atoms with Crippen LogP contribution in [-0.2, 0) is 13.0 Å². The molecule has 0 aliphatic carbocycles. The predicted octanol–water partition coefficient (Wildman–Crippen LogP) is 4.25. The van der Waals surface area contributed by atoms with Crippen LogP contribution in [0, 0.1) is 11.3 Å². The summed E-state index contributed by atoms with van der Waals surface area (Å²) in [6.45, 7) is 12.4. The quantitative estimate of drug-likeness (QED) is 0.846. The maximum Gasteiger partial charge on any atom is 0.109 e. The zero-order valence-electron chi connectivity index (χ0n) is 13.4. The molecule has 2 N–H and O–H groups in total. The molecule has 0 radical (unpaired) electrons. The summed E-state index contributed by atoms with van der Waals surface area (Å²) in [4.78, 5) is 4.78. The van der Waals surface area contributed by atoms with E-state index in [1.54, 1.807) is 0 Å². The first kappa shape index (κ1) is 14.9. The molecule has 1 heterocycles. The molecule has 1 aromatic carbocycles. The van der Waals surface area contributed by atoms with E-state index >= 15 is 0 Å². The van der Waals surface area contributed by atoms with Crippen molar-refractivity contribution in [3.8, 4) is 0 Å². The number of aryl methyl sites for hydroxylation is 1. The molecule has 1 atom stereocenters. The number of anilines is 1. The van der Waals surface area contributed by atoms with E-state index in [1.165, 1.54) is 11.3 Å². The molecule has 0 fully saturated rings. The number of nitrogens with zero attached hydrogens (tertiary/aromatic N) is 2. The highest BCUT2D eigenvalue weighted by molar-refractivity contribution is 5.79. The number of hydrogen-bond donors (Lipinski definition) is 1. The molecular weight excluding hydrogens is 246 g/mol. The summed E-state index contributed by atoms with van der Waals surface area (Å²) in [7, 11) is 0. The second kappa shape index (κ2) is 5.47. The minimum absolute atomic E-state index is 0.299. The van der Waals surface area contributed by atoms with Crippen LogP contribution in [0.3, 0.4) is 0 Å². The van der Waals surface area contributed by atoms with Crippen LogP contribution in [0.15, 0.2) is 18.2 Å². The lowest BCUT2D eigenvalue weighted by Crippen LogP contribution is -2.23. The van der Waals surface area contributed by atoms with E-state index in [-0.39, 0.29) is 0 Å². The van der Waals surface area contributed by atoms with Gasteiger partial charge in [-0.3, -0.25) is 0 Å². The van der Waals surface area contributed by atoms with Crippen LogP contribution in [0.25, 0.3) is 11.0 Å². The molecule has 0 aliphatic heterocycles. The van der Waals surface area contributed by atoms with Crippen molar-refractivity contribution in [3.63, 3.8) is 0 Å². The van der Waals surface area contributed by atoms with Gasteiger partial charge in [0.15, 0.2) is 0 Å². The molecular formula is C17H27N3. The van der Waals surface area contributed by atoms with Crippen LogP contribution in [0.5, 0.6) is 0 Å². The number of benzene rings is 1. The van der Waals surface area contributed by atoms with Crippen LogP contribution >= 0.6 is 0 Å². The van der Waals surface area contributed by atoms with Gasteiger partial charge in [0.05, 0.1) is 11.0 Å². The third kappa shape index (κ3) is 2.97. The van der Waals surface area contributed by atoms with Crippen LogP contribution < -0.4 is 5.73 Å². The smallest absolute Gasteiger partial charge is 0.109 e. The second-order valence-corrected chi connectivity index (χ2v) is 6.90. The van der Waals surface area contributed by atoms with Crippen molar-refractivity contribution in [2.75, 3.05) is 5.73 Å². The van der Waals surface area contributed by atoms with E-state index in [1.807, 2.05) is 12.1 Å². The Morgan fingerprint density at radius 1 is 1.30 bits per heavy atom. The third-order valence-electron chi connectivity index (χ3n) is 4.26. The topological polar surface area (TPSA) is 43.8 Å². The van der Waals surface area contributed by atoms with Crippen molar-refractivity contribution in [2.45, 2.75) is 54.0 Å². The Labute approximate surface area is 122 Å². The fraction of sp³-hybridized carbons (Fsp3) is 0.588. The summed E-state index contributed by atoms with van der Waals surface area (Å²) < 4.78 is 2.38. The molecule has 0 aliphatic rings. The Kier molecular flexibility index (Phi) is 4.07. The zero-order valence-corrected chi connectivity index (χ0v) is 13.4. The van der Waals surface area contributed by atoms with Gasteiger partial charge in [-0.15, -0.1) is 0 Å². The summed E-state index contributed by atoms with van der Waals surface area (Å²) in [6.07, 6.45) is 2.13. The molecule has 2 rings (SSSR count). The minimum Gasteiger partial charge on any atom is -0.399 e. The van der Waals surface area contributed by atoms with Gasteiger partial charge in [-0.25, -0.2) is 4.98 Å². The highest BCUT2D eigenvalue weighted by atomic mass is 15.1. The minimum atomic E-state index is 0.299. The molecule has 20 heavy (non-hydrogen) atoms. The van der Waals surface area contributed by atoms with Gasteiger partial charge in [0.25, 0.3) is 0 Å². The standard InChI is InChI=1S/C17H27N3/c1-6-7-16-19-14-10-13(18)8-9-15(14)20(16)11-12(2)17(3,4)5/h8-10,12H,6-7,11,18H2,1-5H3. The maximum absolute atomic E-state index is 5.88. The lowest BCUT2D eigenvalue weighted by Gasteiger charge is -2.28. The SMILES string of the molecule is CCCc1nc2cc(N)ccc2n1CC(C)C(C)(C)C. The summed E-state index contributed by atoms with van der Waals surface area (Å²) in [5, 5.41) is 0. The summed E-state index contributed by atoms with van der Waals surface area (Å²) in [6, 6.07) is 6.05. The van der Waals surface area contributed by atoms with Crippen LogP contribution in [0.1, 0.15) is 46.9 Å².